The molecule has 1 aromatic rings. The monoisotopic (exact) mass is 235 g/mol. The third-order valence-electron chi connectivity index (χ3n) is 3.02. The predicted molar refractivity (Wildman–Crippen MR) is 73.1 cm³/mol. The van der Waals surface area contributed by atoms with Crippen LogP contribution >= 0.6 is 0 Å². The van der Waals surface area contributed by atoms with Crippen LogP contribution in [0.3, 0.4) is 0 Å². The van der Waals surface area contributed by atoms with Gasteiger partial charge in [-0.2, -0.15) is 0 Å². The van der Waals surface area contributed by atoms with E-state index in [1.54, 1.807) is 0 Å². The minimum absolute atomic E-state index is 0.333. The van der Waals surface area contributed by atoms with Gasteiger partial charge in [-0.3, -0.25) is 0 Å². The molecule has 1 aromatic carbocycles. The first-order valence-corrected chi connectivity index (χ1v) is 6.57. The average Bonchev–Trinajstić information content (AvgIpc) is 2.32. The van der Waals surface area contributed by atoms with Gasteiger partial charge in [0.15, 0.2) is 0 Å². The molecule has 96 valence electrons. The van der Waals surface area contributed by atoms with E-state index in [-0.39, 0.29) is 0 Å². The fourth-order valence-electron chi connectivity index (χ4n) is 1.93. The van der Waals surface area contributed by atoms with Gasteiger partial charge in [-0.15, -0.1) is 0 Å². The molecule has 17 heavy (non-hydrogen) atoms. The first-order chi connectivity index (χ1) is 8.22. The number of unbranched alkanes of at least 4 members (excludes halogenated alkanes) is 3. The van der Waals surface area contributed by atoms with E-state index >= 15 is 0 Å². The highest BCUT2D eigenvalue weighted by Crippen LogP contribution is 2.07. The Labute approximate surface area is 105 Å². The van der Waals surface area contributed by atoms with E-state index in [9.17, 15) is 0 Å². The minimum atomic E-state index is 0.333. The van der Waals surface area contributed by atoms with E-state index in [1.165, 1.54) is 24.0 Å². The molecule has 0 aliphatic heterocycles. The normalized spacial score (nSPS) is 11.1. The van der Waals surface area contributed by atoms with Crippen LogP contribution in [0.5, 0.6) is 0 Å². The van der Waals surface area contributed by atoms with Gasteiger partial charge in [0.05, 0.1) is 0 Å². The second kappa shape index (κ2) is 8.26. The number of nitrogens with zero attached hydrogens (tertiary/aromatic N) is 1. The summed E-state index contributed by atoms with van der Waals surface area (Å²) in [6.07, 6.45) is 4.54. The Morgan fingerprint density at radius 1 is 1.00 bits per heavy atom. The van der Waals surface area contributed by atoms with E-state index in [4.69, 9.17) is 5.11 Å². The highest BCUT2D eigenvalue weighted by atomic mass is 16.2. The van der Waals surface area contributed by atoms with Gasteiger partial charge in [0, 0.05) is 13.2 Å². The molecule has 0 aromatic heterocycles. The summed E-state index contributed by atoms with van der Waals surface area (Å²) in [5.74, 6) is 0. The Morgan fingerprint density at radius 3 is 2.29 bits per heavy atom. The molecule has 0 saturated heterocycles. The number of aliphatic hydroxyl groups excluding tert-OH is 1. The molecular formula is C15H25NO. The highest BCUT2D eigenvalue weighted by Gasteiger charge is 2.00. The number of hydrogen-bond acceptors (Lipinski definition) is 2. The van der Waals surface area contributed by atoms with E-state index < -0.39 is 0 Å². The molecule has 0 aliphatic rings. The third kappa shape index (κ3) is 6.44. The Balaban J connectivity index is 2.16. The van der Waals surface area contributed by atoms with Crippen molar-refractivity contribution in [2.45, 2.75) is 39.2 Å². The summed E-state index contributed by atoms with van der Waals surface area (Å²) in [7, 11) is 2.17. The van der Waals surface area contributed by atoms with Gasteiger partial charge in [-0.25, -0.2) is 0 Å². The molecule has 0 unspecified atom stereocenters. The first-order valence-electron chi connectivity index (χ1n) is 6.57. The minimum Gasteiger partial charge on any atom is -0.396 e. The van der Waals surface area contributed by atoms with Crippen LogP contribution in [0.1, 0.15) is 36.8 Å². The van der Waals surface area contributed by atoms with Gasteiger partial charge in [0.1, 0.15) is 0 Å². The summed E-state index contributed by atoms with van der Waals surface area (Å²) in [6.45, 7) is 4.62. The summed E-state index contributed by atoms with van der Waals surface area (Å²) in [5, 5.41) is 8.68. The van der Waals surface area contributed by atoms with Crippen molar-refractivity contribution >= 4 is 0 Å². The number of benzene rings is 1. The number of aliphatic hydroxyl groups is 1. The molecule has 1 N–H and O–H groups in total. The maximum atomic E-state index is 8.68. The van der Waals surface area contributed by atoms with Gasteiger partial charge in [0.25, 0.3) is 0 Å². The van der Waals surface area contributed by atoms with E-state index in [0.717, 1.165) is 25.9 Å². The van der Waals surface area contributed by atoms with Gasteiger partial charge in [0.2, 0.25) is 0 Å². The maximum Gasteiger partial charge on any atom is 0.0431 e. The van der Waals surface area contributed by atoms with Crippen molar-refractivity contribution in [1.29, 1.82) is 0 Å². The molecule has 0 spiro atoms. The lowest BCUT2D eigenvalue weighted by Gasteiger charge is -2.16. The van der Waals surface area contributed by atoms with Crippen LogP contribution < -0.4 is 0 Å². The zero-order valence-corrected chi connectivity index (χ0v) is 11.2. The molecule has 0 amide bonds. The SMILES string of the molecule is Cc1ccc(CN(C)CCCCCCO)cc1. The van der Waals surface area contributed by atoms with Crippen molar-refractivity contribution in [2.75, 3.05) is 20.2 Å². The topological polar surface area (TPSA) is 23.5 Å². The number of rotatable bonds is 8. The van der Waals surface area contributed by atoms with Crippen molar-refractivity contribution in [2.24, 2.45) is 0 Å². The molecule has 1 rings (SSSR count). The summed E-state index contributed by atoms with van der Waals surface area (Å²) in [4.78, 5) is 2.36. The average molecular weight is 235 g/mol. The lowest BCUT2D eigenvalue weighted by molar-refractivity contribution is 0.277. The van der Waals surface area contributed by atoms with Gasteiger partial charge >= 0.3 is 0 Å². The molecule has 0 fully saturated rings. The van der Waals surface area contributed by atoms with Crippen molar-refractivity contribution in [3.8, 4) is 0 Å². The summed E-state index contributed by atoms with van der Waals surface area (Å²) < 4.78 is 0. The fourth-order valence-corrected chi connectivity index (χ4v) is 1.93. The van der Waals surface area contributed by atoms with Crippen LogP contribution in [0.2, 0.25) is 0 Å². The van der Waals surface area contributed by atoms with Gasteiger partial charge in [-0.05, 0) is 38.9 Å². The molecule has 0 atom stereocenters. The lowest BCUT2D eigenvalue weighted by Crippen LogP contribution is -2.19. The standard InChI is InChI=1S/C15H25NO/c1-14-7-9-15(10-8-14)13-16(2)11-5-3-4-6-12-17/h7-10,17H,3-6,11-13H2,1-2H3. The molecule has 0 bridgehead atoms. The maximum absolute atomic E-state index is 8.68. The molecule has 0 aliphatic carbocycles. The second-order valence-electron chi connectivity index (χ2n) is 4.86. The molecule has 0 saturated carbocycles. The molecular weight excluding hydrogens is 210 g/mol. The van der Waals surface area contributed by atoms with Crippen molar-refractivity contribution < 1.29 is 5.11 Å². The predicted octanol–water partition coefficient (Wildman–Crippen LogP) is 2.98. The molecule has 0 radical (unpaired) electrons. The van der Waals surface area contributed by atoms with E-state index in [0.29, 0.717) is 6.61 Å². The summed E-state index contributed by atoms with van der Waals surface area (Å²) >= 11 is 0. The number of hydrogen-bond donors (Lipinski definition) is 1. The quantitative estimate of drug-likeness (QED) is 0.700. The van der Waals surface area contributed by atoms with Crippen LogP contribution in [-0.2, 0) is 6.54 Å². The van der Waals surface area contributed by atoms with Crippen molar-refractivity contribution in [1.82, 2.24) is 4.90 Å². The molecule has 2 heteroatoms. The Hall–Kier alpha value is -0.860. The Bertz CT molecular complexity index is 294. The smallest absolute Gasteiger partial charge is 0.0431 e. The van der Waals surface area contributed by atoms with E-state index in [2.05, 4.69) is 43.1 Å². The van der Waals surface area contributed by atoms with Crippen LogP contribution in [0, 0.1) is 6.92 Å². The lowest BCUT2D eigenvalue weighted by atomic mass is 10.1. The van der Waals surface area contributed by atoms with Crippen molar-refractivity contribution in [3.63, 3.8) is 0 Å². The first kappa shape index (κ1) is 14.2. The highest BCUT2D eigenvalue weighted by molar-refractivity contribution is 5.21. The van der Waals surface area contributed by atoms with Crippen LogP contribution in [-0.4, -0.2) is 30.2 Å². The molecule has 2 nitrogen and oxygen atoms in total. The van der Waals surface area contributed by atoms with Gasteiger partial charge < -0.3 is 10.0 Å². The zero-order valence-electron chi connectivity index (χ0n) is 11.2. The Kier molecular flexibility index (Phi) is 6.90. The van der Waals surface area contributed by atoms with E-state index in [1.807, 2.05) is 0 Å². The Morgan fingerprint density at radius 2 is 1.65 bits per heavy atom. The molecule has 0 heterocycles. The van der Waals surface area contributed by atoms with Crippen molar-refractivity contribution in [3.05, 3.63) is 35.4 Å². The number of aryl methyl sites for hydroxylation is 1. The second-order valence-corrected chi connectivity index (χ2v) is 4.86. The summed E-state index contributed by atoms with van der Waals surface area (Å²) in [5.41, 5.74) is 2.70. The fraction of sp³-hybridized carbons (Fsp3) is 0.600. The largest absolute Gasteiger partial charge is 0.396 e. The zero-order chi connectivity index (χ0) is 12.5. The summed E-state index contributed by atoms with van der Waals surface area (Å²) in [6, 6.07) is 8.75. The van der Waals surface area contributed by atoms with Crippen LogP contribution in [0.4, 0.5) is 0 Å². The third-order valence-corrected chi connectivity index (χ3v) is 3.02. The van der Waals surface area contributed by atoms with Crippen LogP contribution in [0.25, 0.3) is 0 Å². The van der Waals surface area contributed by atoms with Gasteiger partial charge in [-0.1, -0.05) is 42.7 Å². The van der Waals surface area contributed by atoms with Crippen LogP contribution in [0.15, 0.2) is 24.3 Å².